The number of aromatic nitrogens is 2. The summed E-state index contributed by atoms with van der Waals surface area (Å²) < 4.78 is 5.16. The lowest BCUT2D eigenvalue weighted by molar-refractivity contribution is -0.145. The molecular weight excluding hydrogens is 240 g/mol. The van der Waals surface area contributed by atoms with E-state index in [-0.39, 0.29) is 11.9 Å². The Kier molecular flexibility index (Phi) is 4.20. The molecule has 2 aromatic rings. The van der Waals surface area contributed by atoms with Gasteiger partial charge in [0.25, 0.3) is 0 Å². The summed E-state index contributed by atoms with van der Waals surface area (Å²) in [6.07, 6.45) is 0.735. The van der Waals surface area contributed by atoms with Gasteiger partial charge in [-0.1, -0.05) is 26.0 Å². The van der Waals surface area contributed by atoms with E-state index in [9.17, 15) is 4.79 Å². The van der Waals surface area contributed by atoms with Crippen molar-refractivity contribution in [2.75, 3.05) is 6.61 Å². The summed E-state index contributed by atoms with van der Waals surface area (Å²) in [5.74, 6) is 0.596. The van der Waals surface area contributed by atoms with Gasteiger partial charge in [0, 0.05) is 0 Å². The highest BCUT2D eigenvalue weighted by Crippen LogP contribution is 2.25. The number of hydrogen-bond acceptors (Lipinski definition) is 3. The van der Waals surface area contributed by atoms with Crippen LogP contribution >= 0.6 is 0 Å². The molecule has 0 amide bonds. The minimum atomic E-state index is -0.313. The fourth-order valence-corrected chi connectivity index (χ4v) is 2.17. The van der Waals surface area contributed by atoms with Crippen LogP contribution in [0, 0.1) is 5.92 Å². The van der Waals surface area contributed by atoms with Crippen LogP contribution in [0.1, 0.15) is 38.9 Å². The van der Waals surface area contributed by atoms with E-state index >= 15 is 0 Å². The average molecular weight is 260 g/mol. The Morgan fingerprint density at radius 1 is 1.37 bits per heavy atom. The smallest absolute Gasteiger partial charge is 0.316 e. The number of benzene rings is 1. The Hall–Kier alpha value is -1.84. The van der Waals surface area contributed by atoms with E-state index < -0.39 is 0 Å². The van der Waals surface area contributed by atoms with Gasteiger partial charge in [-0.3, -0.25) is 4.79 Å². The van der Waals surface area contributed by atoms with Crippen molar-refractivity contribution in [1.82, 2.24) is 9.97 Å². The summed E-state index contributed by atoms with van der Waals surface area (Å²) in [7, 11) is 0. The Morgan fingerprint density at radius 3 is 2.74 bits per heavy atom. The summed E-state index contributed by atoms with van der Waals surface area (Å²) in [4.78, 5) is 19.8. The maximum absolute atomic E-state index is 12.1. The van der Waals surface area contributed by atoms with E-state index in [0.717, 1.165) is 17.5 Å². The number of aromatic amines is 1. The first kappa shape index (κ1) is 13.6. The molecule has 2 rings (SSSR count). The summed E-state index contributed by atoms with van der Waals surface area (Å²) in [6, 6.07) is 7.79. The number of nitrogens with one attached hydrogen (secondary N) is 1. The summed E-state index contributed by atoms with van der Waals surface area (Å²) >= 11 is 0. The zero-order valence-corrected chi connectivity index (χ0v) is 11.6. The summed E-state index contributed by atoms with van der Waals surface area (Å²) in [5.41, 5.74) is 1.84. The number of carbonyl (C=O) groups is 1. The average Bonchev–Trinajstić information content (AvgIpc) is 2.79. The number of fused-ring (bicyclic) bond motifs is 1. The van der Waals surface area contributed by atoms with Crippen LogP contribution < -0.4 is 0 Å². The van der Waals surface area contributed by atoms with Crippen molar-refractivity contribution in [1.29, 1.82) is 0 Å². The molecule has 102 valence electrons. The van der Waals surface area contributed by atoms with Crippen LogP contribution in [-0.2, 0) is 9.53 Å². The lowest BCUT2D eigenvalue weighted by Gasteiger charge is -2.15. The molecule has 0 spiro atoms. The van der Waals surface area contributed by atoms with Gasteiger partial charge < -0.3 is 9.72 Å². The zero-order valence-electron chi connectivity index (χ0n) is 11.6. The van der Waals surface area contributed by atoms with E-state index in [0.29, 0.717) is 18.3 Å². The van der Waals surface area contributed by atoms with Crippen LogP contribution in [0.3, 0.4) is 0 Å². The predicted molar refractivity (Wildman–Crippen MR) is 74.9 cm³/mol. The van der Waals surface area contributed by atoms with Crippen LogP contribution in [0.15, 0.2) is 24.3 Å². The number of ether oxygens (including phenoxy) is 1. The Morgan fingerprint density at radius 2 is 2.11 bits per heavy atom. The minimum Gasteiger partial charge on any atom is -0.465 e. The Balaban J connectivity index is 2.33. The number of rotatable bonds is 5. The van der Waals surface area contributed by atoms with Gasteiger partial charge in [0.15, 0.2) is 0 Å². The number of esters is 1. The molecule has 4 heteroatoms. The third-order valence-electron chi connectivity index (χ3n) is 3.02. The second kappa shape index (κ2) is 5.87. The van der Waals surface area contributed by atoms with Crippen LogP contribution in [0.2, 0.25) is 0 Å². The molecule has 0 aliphatic carbocycles. The maximum Gasteiger partial charge on any atom is 0.316 e. The third kappa shape index (κ3) is 3.13. The van der Waals surface area contributed by atoms with Crippen molar-refractivity contribution < 1.29 is 9.53 Å². The molecule has 0 saturated heterocycles. The van der Waals surface area contributed by atoms with Crippen molar-refractivity contribution in [2.45, 2.75) is 33.1 Å². The molecule has 1 atom stereocenters. The first-order valence-electron chi connectivity index (χ1n) is 6.73. The molecule has 0 bridgehead atoms. The van der Waals surface area contributed by atoms with Crippen LogP contribution in [0.25, 0.3) is 11.0 Å². The van der Waals surface area contributed by atoms with Crippen molar-refractivity contribution in [2.24, 2.45) is 5.92 Å². The number of nitrogens with zero attached hydrogens (tertiary/aromatic N) is 1. The SMILES string of the molecule is CCOC(=O)C(CC(C)C)c1nc2ccccc2[nH]1. The number of para-hydroxylation sites is 2. The molecule has 4 nitrogen and oxygen atoms in total. The molecule has 0 saturated carbocycles. The van der Waals surface area contributed by atoms with E-state index in [1.54, 1.807) is 0 Å². The van der Waals surface area contributed by atoms with Gasteiger partial charge in [0.05, 0.1) is 17.6 Å². The minimum absolute atomic E-state index is 0.199. The Bertz CT molecular complexity index is 527. The van der Waals surface area contributed by atoms with E-state index in [4.69, 9.17) is 4.74 Å². The lowest BCUT2D eigenvalue weighted by Crippen LogP contribution is -2.19. The molecule has 1 N–H and O–H groups in total. The standard InChI is InChI=1S/C15H20N2O2/c1-4-19-15(18)11(9-10(2)3)14-16-12-7-5-6-8-13(12)17-14/h5-8,10-11H,4,9H2,1-3H3,(H,16,17). The molecule has 1 aromatic carbocycles. The van der Waals surface area contributed by atoms with Gasteiger partial charge in [-0.25, -0.2) is 4.98 Å². The fourth-order valence-electron chi connectivity index (χ4n) is 2.17. The van der Waals surface area contributed by atoms with Gasteiger partial charge in [0.1, 0.15) is 11.7 Å². The molecule has 0 aliphatic heterocycles. The molecular formula is C15H20N2O2. The molecule has 1 unspecified atom stereocenters. The first-order chi connectivity index (χ1) is 9.11. The molecule has 0 radical (unpaired) electrons. The van der Waals surface area contributed by atoms with Gasteiger partial charge in [-0.15, -0.1) is 0 Å². The largest absolute Gasteiger partial charge is 0.465 e. The quantitative estimate of drug-likeness (QED) is 0.839. The van der Waals surface area contributed by atoms with Gasteiger partial charge >= 0.3 is 5.97 Å². The molecule has 0 aliphatic rings. The van der Waals surface area contributed by atoms with Crippen LogP contribution in [0.4, 0.5) is 0 Å². The highest BCUT2D eigenvalue weighted by Gasteiger charge is 2.26. The lowest BCUT2D eigenvalue weighted by atomic mass is 9.96. The topological polar surface area (TPSA) is 55.0 Å². The van der Waals surface area contributed by atoms with E-state index in [2.05, 4.69) is 23.8 Å². The summed E-state index contributed by atoms with van der Waals surface area (Å²) in [5, 5.41) is 0. The second-order valence-electron chi connectivity index (χ2n) is 5.07. The second-order valence-corrected chi connectivity index (χ2v) is 5.07. The molecule has 19 heavy (non-hydrogen) atoms. The third-order valence-corrected chi connectivity index (χ3v) is 3.02. The molecule has 1 heterocycles. The maximum atomic E-state index is 12.1. The molecule has 0 fully saturated rings. The Labute approximate surface area is 113 Å². The first-order valence-corrected chi connectivity index (χ1v) is 6.73. The van der Waals surface area contributed by atoms with E-state index in [1.165, 1.54) is 0 Å². The summed E-state index contributed by atoms with van der Waals surface area (Å²) in [6.45, 7) is 6.40. The van der Waals surface area contributed by atoms with E-state index in [1.807, 2.05) is 31.2 Å². The zero-order chi connectivity index (χ0) is 13.8. The van der Waals surface area contributed by atoms with Crippen LogP contribution in [0.5, 0.6) is 0 Å². The number of carbonyl (C=O) groups excluding carboxylic acids is 1. The molecule has 1 aromatic heterocycles. The normalized spacial score (nSPS) is 12.8. The van der Waals surface area contributed by atoms with Gasteiger partial charge in [0.2, 0.25) is 0 Å². The monoisotopic (exact) mass is 260 g/mol. The van der Waals surface area contributed by atoms with Crippen molar-refractivity contribution in [3.63, 3.8) is 0 Å². The van der Waals surface area contributed by atoms with Crippen LogP contribution in [-0.4, -0.2) is 22.5 Å². The van der Waals surface area contributed by atoms with Gasteiger partial charge in [-0.05, 0) is 31.4 Å². The predicted octanol–water partition coefficient (Wildman–Crippen LogP) is 3.26. The van der Waals surface area contributed by atoms with Crippen molar-refractivity contribution in [3.8, 4) is 0 Å². The van der Waals surface area contributed by atoms with Crippen molar-refractivity contribution >= 4 is 17.0 Å². The highest BCUT2D eigenvalue weighted by atomic mass is 16.5. The fraction of sp³-hybridized carbons (Fsp3) is 0.467. The van der Waals surface area contributed by atoms with Gasteiger partial charge in [-0.2, -0.15) is 0 Å². The highest BCUT2D eigenvalue weighted by molar-refractivity contribution is 5.80. The number of hydrogen-bond donors (Lipinski definition) is 1. The van der Waals surface area contributed by atoms with Crippen molar-refractivity contribution in [3.05, 3.63) is 30.1 Å². The number of imidazole rings is 1. The number of H-pyrrole nitrogens is 1.